The standard InChI is InChI=1S/C30H21ClN2O4/c31-27-12-6-5-11-25(27)30(35)37-28-16-14-21-8-3-4-10-24(21)26(28)18-32-33-29(34)19-36-23-15-13-20-7-1-2-9-22(20)17-23/h1-18H,19H2,(H,33,34)/b32-18-. The summed E-state index contributed by atoms with van der Waals surface area (Å²) in [5.41, 5.74) is 3.25. The largest absolute Gasteiger partial charge is 0.484 e. The second-order valence-corrected chi connectivity index (χ2v) is 8.57. The Morgan fingerprint density at radius 2 is 1.51 bits per heavy atom. The third kappa shape index (κ3) is 5.60. The van der Waals surface area contributed by atoms with Crippen molar-refractivity contribution in [3.05, 3.63) is 119 Å². The number of benzene rings is 5. The van der Waals surface area contributed by atoms with Crippen LogP contribution in [0.5, 0.6) is 11.5 Å². The molecule has 0 radical (unpaired) electrons. The van der Waals surface area contributed by atoms with Crippen molar-refractivity contribution in [2.24, 2.45) is 5.10 Å². The van der Waals surface area contributed by atoms with Gasteiger partial charge in [0.05, 0.1) is 16.8 Å². The van der Waals surface area contributed by atoms with Crippen LogP contribution < -0.4 is 14.9 Å². The maximum Gasteiger partial charge on any atom is 0.345 e. The van der Waals surface area contributed by atoms with E-state index < -0.39 is 11.9 Å². The Balaban J connectivity index is 1.31. The number of esters is 1. The van der Waals surface area contributed by atoms with Crippen LogP contribution >= 0.6 is 11.6 Å². The molecule has 0 unspecified atom stereocenters. The molecule has 5 aromatic rings. The minimum Gasteiger partial charge on any atom is -0.484 e. The third-order valence-corrected chi connectivity index (χ3v) is 6.03. The zero-order chi connectivity index (χ0) is 25.6. The quantitative estimate of drug-likeness (QED) is 0.119. The Kier molecular flexibility index (Phi) is 7.10. The summed E-state index contributed by atoms with van der Waals surface area (Å²) in [6, 6.07) is 31.3. The second kappa shape index (κ2) is 10.9. The monoisotopic (exact) mass is 508 g/mol. The van der Waals surface area contributed by atoms with Crippen molar-refractivity contribution < 1.29 is 19.1 Å². The van der Waals surface area contributed by atoms with Crippen molar-refractivity contribution in [2.75, 3.05) is 6.61 Å². The summed E-state index contributed by atoms with van der Waals surface area (Å²) in [6.45, 7) is -0.209. The van der Waals surface area contributed by atoms with Crippen molar-refractivity contribution >= 4 is 51.2 Å². The van der Waals surface area contributed by atoms with Crippen molar-refractivity contribution in [3.63, 3.8) is 0 Å². The highest BCUT2D eigenvalue weighted by molar-refractivity contribution is 6.33. The number of amides is 1. The van der Waals surface area contributed by atoms with Gasteiger partial charge >= 0.3 is 5.97 Å². The van der Waals surface area contributed by atoms with Gasteiger partial charge in [0.2, 0.25) is 0 Å². The Morgan fingerprint density at radius 3 is 2.35 bits per heavy atom. The zero-order valence-corrected chi connectivity index (χ0v) is 20.3. The molecule has 0 aliphatic carbocycles. The summed E-state index contributed by atoms with van der Waals surface area (Å²) in [6.07, 6.45) is 1.45. The first-order valence-corrected chi connectivity index (χ1v) is 11.9. The molecule has 0 saturated heterocycles. The molecule has 0 spiro atoms. The predicted octanol–water partition coefficient (Wildman–Crippen LogP) is 6.39. The molecule has 0 aliphatic heterocycles. The molecular weight excluding hydrogens is 488 g/mol. The van der Waals surface area contributed by atoms with E-state index in [0.29, 0.717) is 16.3 Å². The van der Waals surface area contributed by atoms with Crippen LogP contribution in [0.3, 0.4) is 0 Å². The van der Waals surface area contributed by atoms with Crippen LogP contribution in [0, 0.1) is 0 Å². The smallest absolute Gasteiger partial charge is 0.345 e. The maximum absolute atomic E-state index is 12.8. The van der Waals surface area contributed by atoms with Gasteiger partial charge in [-0.2, -0.15) is 5.10 Å². The van der Waals surface area contributed by atoms with E-state index in [9.17, 15) is 9.59 Å². The van der Waals surface area contributed by atoms with Gasteiger partial charge in [-0.3, -0.25) is 4.79 Å². The molecule has 5 rings (SSSR count). The van der Waals surface area contributed by atoms with E-state index >= 15 is 0 Å². The molecule has 0 aliphatic rings. The Bertz CT molecular complexity index is 1650. The van der Waals surface area contributed by atoms with Crippen LogP contribution in [-0.2, 0) is 4.79 Å². The summed E-state index contributed by atoms with van der Waals surface area (Å²) >= 11 is 6.15. The fourth-order valence-corrected chi connectivity index (χ4v) is 4.10. The van der Waals surface area contributed by atoms with Gasteiger partial charge in [-0.1, -0.05) is 84.4 Å². The van der Waals surface area contributed by atoms with Gasteiger partial charge in [-0.15, -0.1) is 0 Å². The van der Waals surface area contributed by atoms with Gasteiger partial charge in [0, 0.05) is 5.56 Å². The first-order chi connectivity index (χ1) is 18.1. The van der Waals surface area contributed by atoms with Gasteiger partial charge in [0.15, 0.2) is 6.61 Å². The maximum atomic E-state index is 12.8. The number of ether oxygens (including phenoxy) is 2. The van der Waals surface area contributed by atoms with Crippen LogP contribution in [0.15, 0.2) is 108 Å². The Hall–Kier alpha value is -4.68. The molecule has 1 N–H and O–H groups in total. The first kappa shape index (κ1) is 24.0. The zero-order valence-electron chi connectivity index (χ0n) is 19.6. The van der Waals surface area contributed by atoms with Crippen LogP contribution in [-0.4, -0.2) is 24.7 Å². The van der Waals surface area contributed by atoms with E-state index in [-0.39, 0.29) is 17.9 Å². The topological polar surface area (TPSA) is 77.0 Å². The lowest BCUT2D eigenvalue weighted by Crippen LogP contribution is -2.24. The molecule has 7 heteroatoms. The predicted molar refractivity (Wildman–Crippen MR) is 146 cm³/mol. The highest BCUT2D eigenvalue weighted by Crippen LogP contribution is 2.28. The normalized spacial score (nSPS) is 11.1. The number of rotatable bonds is 7. The highest BCUT2D eigenvalue weighted by atomic mass is 35.5. The number of hydrogen-bond donors (Lipinski definition) is 1. The molecule has 0 saturated carbocycles. The molecule has 0 atom stereocenters. The Labute approximate surface area is 218 Å². The Morgan fingerprint density at radius 1 is 0.811 bits per heavy atom. The minimum absolute atomic E-state index is 0.209. The van der Waals surface area contributed by atoms with Gasteiger partial charge in [0.1, 0.15) is 11.5 Å². The summed E-state index contributed by atoms with van der Waals surface area (Å²) in [4.78, 5) is 25.1. The SMILES string of the molecule is O=C(COc1ccc2ccccc2c1)N/N=C\c1c(OC(=O)c2ccccc2Cl)ccc2ccccc12. The molecule has 6 nitrogen and oxygen atoms in total. The minimum atomic E-state index is -0.594. The van der Waals surface area contributed by atoms with Crippen molar-refractivity contribution in [2.45, 2.75) is 0 Å². The average Bonchev–Trinajstić information content (AvgIpc) is 2.93. The number of hydrazone groups is 1. The highest BCUT2D eigenvalue weighted by Gasteiger charge is 2.16. The number of fused-ring (bicyclic) bond motifs is 2. The van der Waals surface area contributed by atoms with E-state index in [2.05, 4.69) is 10.5 Å². The molecule has 182 valence electrons. The molecule has 5 aromatic carbocycles. The van der Waals surface area contributed by atoms with E-state index in [1.54, 1.807) is 30.3 Å². The number of nitrogens with one attached hydrogen (secondary N) is 1. The average molecular weight is 509 g/mol. The van der Waals surface area contributed by atoms with E-state index in [0.717, 1.165) is 21.5 Å². The molecule has 0 bridgehead atoms. The molecule has 0 fully saturated rings. The van der Waals surface area contributed by atoms with Crippen molar-refractivity contribution in [1.29, 1.82) is 0 Å². The lowest BCUT2D eigenvalue weighted by atomic mass is 10.0. The van der Waals surface area contributed by atoms with Crippen LogP contribution in [0.2, 0.25) is 5.02 Å². The molecule has 0 aromatic heterocycles. The second-order valence-electron chi connectivity index (χ2n) is 8.16. The van der Waals surface area contributed by atoms with E-state index in [1.807, 2.05) is 72.8 Å². The summed E-state index contributed by atoms with van der Waals surface area (Å²) in [7, 11) is 0. The van der Waals surface area contributed by atoms with Gasteiger partial charge in [-0.05, 0) is 51.9 Å². The molecule has 0 heterocycles. The van der Waals surface area contributed by atoms with Gasteiger partial charge < -0.3 is 9.47 Å². The first-order valence-electron chi connectivity index (χ1n) is 11.5. The van der Waals surface area contributed by atoms with E-state index in [1.165, 1.54) is 6.21 Å². The van der Waals surface area contributed by atoms with E-state index in [4.69, 9.17) is 21.1 Å². The molecule has 37 heavy (non-hydrogen) atoms. The number of carbonyl (C=O) groups is 2. The van der Waals surface area contributed by atoms with Crippen molar-refractivity contribution in [3.8, 4) is 11.5 Å². The number of halogens is 1. The van der Waals surface area contributed by atoms with Crippen LogP contribution in [0.1, 0.15) is 15.9 Å². The fourth-order valence-electron chi connectivity index (χ4n) is 3.89. The number of hydrogen-bond acceptors (Lipinski definition) is 5. The number of carbonyl (C=O) groups excluding carboxylic acids is 2. The lowest BCUT2D eigenvalue weighted by molar-refractivity contribution is -0.123. The summed E-state index contributed by atoms with van der Waals surface area (Å²) in [5, 5.41) is 8.22. The van der Waals surface area contributed by atoms with Crippen LogP contribution in [0.25, 0.3) is 21.5 Å². The van der Waals surface area contributed by atoms with Crippen LogP contribution in [0.4, 0.5) is 0 Å². The third-order valence-electron chi connectivity index (χ3n) is 5.70. The lowest BCUT2D eigenvalue weighted by Gasteiger charge is -2.11. The molecule has 1 amide bonds. The van der Waals surface area contributed by atoms with Gasteiger partial charge in [-0.25, -0.2) is 10.2 Å². The number of nitrogens with zero attached hydrogens (tertiary/aromatic N) is 1. The molecular formula is C30H21ClN2O4. The van der Waals surface area contributed by atoms with Gasteiger partial charge in [0.25, 0.3) is 5.91 Å². The summed E-state index contributed by atoms with van der Waals surface area (Å²) < 4.78 is 11.3. The fraction of sp³-hybridized carbons (Fsp3) is 0.0333. The summed E-state index contributed by atoms with van der Waals surface area (Å²) in [5.74, 6) is -0.155. The van der Waals surface area contributed by atoms with Crippen molar-refractivity contribution in [1.82, 2.24) is 5.43 Å².